The number of esters is 1. The molecule has 20 heavy (non-hydrogen) atoms. The van der Waals surface area contributed by atoms with Gasteiger partial charge in [0.25, 0.3) is 0 Å². The van der Waals surface area contributed by atoms with Gasteiger partial charge < -0.3 is 15.4 Å². The number of nitrogens with zero attached hydrogens (tertiary/aromatic N) is 1. The van der Waals surface area contributed by atoms with Crippen LogP contribution in [-0.4, -0.2) is 37.1 Å². The quantitative estimate of drug-likeness (QED) is 0.685. The second kappa shape index (κ2) is 6.95. The fraction of sp³-hybridized carbons (Fsp3) is 0.533. The Morgan fingerprint density at radius 1 is 1.50 bits per heavy atom. The zero-order valence-electron chi connectivity index (χ0n) is 11.8. The van der Waals surface area contributed by atoms with E-state index in [0.29, 0.717) is 28.9 Å². The molecule has 2 rings (SSSR count). The van der Waals surface area contributed by atoms with Gasteiger partial charge in [0.1, 0.15) is 0 Å². The molecule has 1 aliphatic heterocycles. The summed E-state index contributed by atoms with van der Waals surface area (Å²) >= 11 is 5.81. The molecule has 1 saturated heterocycles. The number of hydrogen-bond acceptors (Lipinski definition) is 4. The van der Waals surface area contributed by atoms with Gasteiger partial charge in [-0.2, -0.15) is 0 Å². The molecule has 4 nitrogen and oxygen atoms in total. The Morgan fingerprint density at radius 2 is 2.30 bits per heavy atom. The van der Waals surface area contributed by atoms with Crippen LogP contribution in [0.2, 0.25) is 5.02 Å². The lowest BCUT2D eigenvalue weighted by Gasteiger charge is -2.32. The maximum atomic E-state index is 11.9. The van der Waals surface area contributed by atoms with E-state index >= 15 is 0 Å². The molecule has 0 bridgehead atoms. The lowest BCUT2D eigenvalue weighted by atomic mass is 10.0. The number of nitrogen functional groups attached to an aromatic ring is 1. The van der Waals surface area contributed by atoms with E-state index in [9.17, 15) is 4.79 Å². The number of rotatable bonds is 4. The van der Waals surface area contributed by atoms with Gasteiger partial charge in [-0.15, -0.1) is 0 Å². The van der Waals surface area contributed by atoms with Crippen molar-refractivity contribution in [1.29, 1.82) is 0 Å². The summed E-state index contributed by atoms with van der Waals surface area (Å²) in [6.07, 6.45) is 4.56. The van der Waals surface area contributed by atoms with E-state index in [-0.39, 0.29) is 5.97 Å². The van der Waals surface area contributed by atoms with Crippen LogP contribution in [-0.2, 0) is 4.74 Å². The number of anilines is 1. The highest BCUT2D eigenvalue weighted by molar-refractivity contribution is 6.31. The van der Waals surface area contributed by atoms with Gasteiger partial charge >= 0.3 is 5.97 Å². The van der Waals surface area contributed by atoms with Gasteiger partial charge in [-0.3, -0.25) is 0 Å². The van der Waals surface area contributed by atoms with Crippen LogP contribution in [0.4, 0.5) is 5.69 Å². The molecule has 0 aromatic heterocycles. The van der Waals surface area contributed by atoms with E-state index in [2.05, 4.69) is 11.9 Å². The molecular weight excluding hydrogens is 276 g/mol. The molecule has 0 saturated carbocycles. The third kappa shape index (κ3) is 3.87. The summed E-state index contributed by atoms with van der Waals surface area (Å²) in [5.41, 5.74) is 6.50. The Balaban J connectivity index is 1.83. The Labute approximate surface area is 124 Å². The number of ether oxygens (including phenoxy) is 1. The number of likely N-dealkylation sites (tertiary alicyclic amines) is 1. The predicted molar refractivity (Wildman–Crippen MR) is 81.0 cm³/mol. The van der Waals surface area contributed by atoms with Crippen molar-refractivity contribution >= 4 is 23.3 Å². The molecule has 1 aromatic rings. The van der Waals surface area contributed by atoms with Crippen molar-refractivity contribution in [1.82, 2.24) is 4.90 Å². The fourth-order valence-corrected chi connectivity index (χ4v) is 2.77. The van der Waals surface area contributed by atoms with E-state index in [4.69, 9.17) is 22.1 Å². The summed E-state index contributed by atoms with van der Waals surface area (Å²) in [4.78, 5) is 14.3. The highest BCUT2D eigenvalue weighted by Gasteiger charge is 2.19. The molecule has 1 unspecified atom stereocenters. The summed E-state index contributed by atoms with van der Waals surface area (Å²) in [5.74, 6) is -0.377. The van der Waals surface area contributed by atoms with E-state index in [1.807, 2.05) is 0 Å². The van der Waals surface area contributed by atoms with E-state index in [0.717, 1.165) is 13.0 Å². The highest BCUT2D eigenvalue weighted by atomic mass is 35.5. The number of carbonyl (C=O) groups excluding carboxylic acids is 1. The average molecular weight is 297 g/mol. The van der Waals surface area contributed by atoms with Gasteiger partial charge in [-0.25, -0.2) is 4.79 Å². The lowest BCUT2D eigenvalue weighted by Crippen LogP contribution is -2.37. The van der Waals surface area contributed by atoms with Gasteiger partial charge in [0.15, 0.2) is 0 Å². The molecule has 0 spiro atoms. The monoisotopic (exact) mass is 296 g/mol. The number of carbonyl (C=O) groups is 1. The molecule has 1 fully saturated rings. The van der Waals surface area contributed by atoms with Gasteiger partial charge in [0, 0.05) is 16.8 Å². The summed E-state index contributed by atoms with van der Waals surface area (Å²) in [6, 6.07) is 5.32. The molecule has 1 aliphatic rings. The minimum absolute atomic E-state index is 0.359. The smallest absolute Gasteiger partial charge is 0.340 e. The Hall–Kier alpha value is -1.26. The minimum Gasteiger partial charge on any atom is -0.462 e. The average Bonchev–Trinajstić information content (AvgIpc) is 2.40. The third-order valence-electron chi connectivity index (χ3n) is 3.84. The van der Waals surface area contributed by atoms with Crippen molar-refractivity contribution in [2.24, 2.45) is 0 Å². The predicted octanol–water partition coefficient (Wildman–Crippen LogP) is 2.95. The number of nitrogens with two attached hydrogens (primary N) is 1. The maximum absolute atomic E-state index is 11.9. The van der Waals surface area contributed by atoms with Gasteiger partial charge in [0.05, 0.1) is 12.2 Å². The fourth-order valence-electron chi connectivity index (χ4n) is 2.59. The Morgan fingerprint density at radius 3 is 3.00 bits per heavy atom. The van der Waals surface area contributed by atoms with E-state index in [1.165, 1.54) is 19.3 Å². The van der Waals surface area contributed by atoms with Crippen molar-refractivity contribution in [2.45, 2.75) is 31.7 Å². The zero-order valence-corrected chi connectivity index (χ0v) is 12.5. The SMILES string of the molecule is CN1CCCCC1CCOC(=O)c1ccc(Cl)cc1N. The zero-order chi connectivity index (χ0) is 14.5. The maximum Gasteiger partial charge on any atom is 0.340 e. The number of piperidine rings is 1. The summed E-state index contributed by atoms with van der Waals surface area (Å²) in [5, 5.41) is 0.517. The first-order valence-electron chi connectivity index (χ1n) is 7.00. The minimum atomic E-state index is -0.377. The van der Waals surface area contributed by atoms with Crippen LogP contribution in [0.1, 0.15) is 36.0 Å². The second-order valence-corrected chi connectivity index (χ2v) is 5.72. The van der Waals surface area contributed by atoms with Crippen LogP contribution in [0.3, 0.4) is 0 Å². The van der Waals surface area contributed by atoms with E-state index < -0.39 is 0 Å². The number of hydrogen-bond donors (Lipinski definition) is 1. The second-order valence-electron chi connectivity index (χ2n) is 5.29. The van der Waals surface area contributed by atoms with Crippen LogP contribution in [0, 0.1) is 0 Å². The van der Waals surface area contributed by atoms with Crippen molar-refractivity contribution < 1.29 is 9.53 Å². The Kier molecular flexibility index (Phi) is 5.26. The number of benzene rings is 1. The first-order chi connectivity index (χ1) is 9.58. The summed E-state index contributed by atoms with van der Waals surface area (Å²) in [7, 11) is 2.13. The van der Waals surface area contributed by atoms with Gasteiger partial charge in [-0.1, -0.05) is 18.0 Å². The topological polar surface area (TPSA) is 55.6 Å². The van der Waals surface area contributed by atoms with Crippen molar-refractivity contribution in [3.05, 3.63) is 28.8 Å². The van der Waals surface area contributed by atoms with Crippen molar-refractivity contribution in [3.8, 4) is 0 Å². The van der Waals surface area contributed by atoms with Crippen LogP contribution in [0.5, 0.6) is 0 Å². The normalized spacial score (nSPS) is 19.8. The summed E-state index contributed by atoms with van der Waals surface area (Å²) < 4.78 is 5.31. The van der Waals surface area contributed by atoms with Crippen molar-refractivity contribution in [2.75, 3.05) is 25.9 Å². The van der Waals surface area contributed by atoms with Crippen LogP contribution in [0.15, 0.2) is 18.2 Å². The van der Waals surface area contributed by atoms with Crippen LogP contribution in [0.25, 0.3) is 0 Å². The van der Waals surface area contributed by atoms with Crippen LogP contribution >= 0.6 is 11.6 Å². The van der Waals surface area contributed by atoms with Gasteiger partial charge in [0.2, 0.25) is 0 Å². The van der Waals surface area contributed by atoms with Crippen LogP contribution < -0.4 is 5.73 Å². The first-order valence-corrected chi connectivity index (χ1v) is 7.38. The third-order valence-corrected chi connectivity index (χ3v) is 4.07. The molecule has 2 N–H and O–H groups in total. The molecule has 1 heterocycles. The van der Waals surface area contributed by atoms with E-state index in [1.54, 1.807) is 18.2 Å². The molecule has 0 aliphatic carbocycles. The molecule has 0 radical (unpaired) electrons. The highest BCUT2D eigenvalue weighted by Crippen LogP contribution is 2.20. The molecule has 0 amide bonds. The standard InChI is InChI=1S/C15H21ClN2O2/c1-18-8-3-2-4-12(18)7-9-20-15(19)13-6-5-11(16)10-14(13)17/h5-6,10,12H,2-4,7-9,17H2,1H3. The van der Waals surface area contributed by atoms with Crippen molar-refractivity contribution in [3.63, 3.8) is 0 Å². The summed E-state index contributed by atoms with van der Waals surface area (Å²) in [6.45, 7) is 1.55. The van der Waals surface area contributed by atoms with Gasteiger partial charge in [-0.05, 0) is 51.1 Å². The Bertz CT molecular complexity index is 479. The molecule has 1 atom stereocenters. The molecular formula is C15H21ClN2O2. The lowest BCUT2D eigenvalue weighted by molar-refractivity contribution is 0.0451. The molecule has 5 heteroatoms. The molecule has 1 aromatic carbocycles. The molecule has 110 valence electrons. The largest absolute Gasteiger partial charge is 0.462 e. The number of halogens is 1. The first kappa shape index (κ1) is 15.1.